The zero-order chi connectivity index (χ0) is 14.1. The fourth-order valence-electron chi connectivity index (χ4n) is 2.47. The number of benzene rings is 2. The van der Waals surface area contributed by atoms with Crippen molar-refractivity contribution in [3.8, 4) is 11.3 Å². The van der Waals surface area contributed by atoms with Crippen molar-refractivity contribution >= 4 is 16.6 Å². The standard InChI is InChI=1S/C16H18N4/c1-20(2)10-11-5-3-6-12(9-11)15-13-7-4-8-14(17)16(13)19-18-15/h3-9H,10,17H2,1-2H3,(H,18,19). The average Bonchev–Trinajstić information content (AvgIpc) is 2.83. The Labute approximate surface area is 118 Å². The number of nitrogens with two attached hydrogens (primary N) is 1. The molecule has 0 unspecified atom stereocenters. The summed E-state index contributed by atoms with van der Waals surface area (Å²) in [6.45, 7) is 0.915. The van der Waals surface area contributed by atoms with Gasteiger partial charge in [0.1, 0.15) is 0 Å². The van der Waals surface area contributed by atoms with E-state index in [0.717, 1.165) is 34.4 Å². The first-order valence-corrected chi connectivity index (χ1v) is 6.62. The lowest BCUT2D eigenvalue weighted by Gasteiger charge is -2.10. The van der Waals surface area contributed by atoms with Crippen LogP contribution in [0.25, 0.3) is 22.2 Å². The van der Waals surface area contributed by atoms with E-state index in [-0.39, 0.29) is 0 Å². The van der Waals surface area contributed by atoms with E-state index in [0.29, 0.717) is 0 Å². The summed E-state index contributed by atoms with van der Waals surface area (Å²) >= 11 is 0. The van der Waals surface area contributed by atoms with Crippen LogP contribution >= 0.6 is 0 Å². The highest BCUT2D eigenvalue weighted by molar-refractivity contribution is 5.98. The molecule has 0 bridgehead atoms. The fraction of sp³-hybridized carbons (Fsp3) is 0.188. The van der Waals surface area contributed by atoms with Crippen molar-refractivity contribution in [3.63, 3.8) is 0 Å². The van der Waals surface area contributed by atoms with E-state index in [4.69, 9.17) is 5.73 Å². The number of aromatic amines is 1. The van der Waals surface area contributed by atoms with E-state index >= 15 is 0 Å². The number of para-hydroxylation sites is 1. The molecule has 0 radical (unpaired) electrons. The third-order valence-corrected chi connectivity index (χ3v) is 3.33. The molecule has 0 saturated heterocycles. The van der Waals surface area contributed by atoms with Crippen LogP contribution in [0.1, 0.15) is 5.56 Å². The van der Waals surface area contributed by atoms with E-state index in [9.17, 15) is 0 Å². The second-order valence-corrected chi connectivity index (χ2v) is 5.28. The van der Waals surface area contributed by atoms with Gasteiger partial charge >= 0.3 is 0 Å². The molecule has 3 N–H and O–H groups in total. The summed E-state index contributed by atoms with van der Waals surface area (Å²) in [5, 5.41) is 8.52. The Bertz CT molecular complexity index is 743. The highest BCUT2D eigenvalue weighted by Gasteiger charge is 2.10. The second-order valence-electron chi connectivity index (χ2n) is 5.28. The minimum absolute atomic E-state index is 0.727. The maximum Gasteiger partial charge on any atom is 0.1000 e. The molecule has 4 nitrogen and oxygen atoms in total. The van der Waals surface area contributed by atoms with Crippen LogP contribution in [0.15, 0.2) is 42.5 Å². The molecule has 1 heterocycles. The maximum absolute atomic E-state index is 5.97. The quantitative estimate of drug-likeness (QED) is 0.717. The Morgan fingerprint density at radius 3 is 2.75 bits per heavy atom. The van der Waals surface area contributed by atoms with Crippen LogP contribution < -0.4 is 5.73 Å². The predicted octanol–water partition coefficient (Wildman–Crippen LogP) is 2.87. The summed E-state index contributed by atoms with van der Waals surface area (Å²) in [6.07, 6.45) is 0. The molecule has 3 aromatic rings. The number of rotatable bonds is 3. The van der Waals surface area contributed by atoms with Crippen molar-refractivity contribution in [3.05, 3.63) is 48.0 Å². The number of nitrogen functional groups attached to an aromatic ring is 1. The van der Waals surface area contributed by atoms with Gasteiger partial charge in [-0.1, -0.05) is 30.3 Å². The van der Waals surface area contributed by atoms with Gasteiger partial charge in [0.05, 0.1) is 16.9 Å². The van der Waals surface area contributed by atoms with Gasteiger partial charge in [-0.15, -0.1) is 0 Å². The summed E-state index contributed by atoms with van der Waals surface area (Å²) in [4.78, 5) is 2.15. The normalized spacial score (nSPS) is 11.3. The predicted molar refractivity (Wildman–Crippen MR) is 83.3 cm³/mol. The first-order valence-electron chi connectivity index (χ1n) is 6.62. The Kier molecular flexibility index (Phi) is 3.16. The number of hydrogen-bond donors (Lipinski definition) is 2. The Balaban J connectivity index is 2.09. The number of nitrogens with zero attached hydrogens (tertiary/aromatic N) is 2. The van der Waals surface area contributed by atoms with Gasteiger partial charge in [0.15, 0.2) is 0 Å². The van der Waals surface area contributed by atoms with Crippen LogP contribution in [0.3, 0.4) is 0 Å². The molecule has 3 rings (SSSR count). The lowest BCUT2D eigenvalue weighted by atomic mass is 10.0. The number of aromatic nitrogens is 2. The van der Waals surface area contributed by atoms with Crippen LogP contribution in [0, 0.1) is 0 Å². The van der Waals surface area contributed by atoms with Gasteiger partial charge in [0, 0.05) is 17.5 Å². The molecule has 0 saturated carbocycles. The van der Waals surface area contributed by atoms with Gasteiger partial charge in [-0.3, -0.25) is 5.10 Å². The first kappa shape index (κ1) is 12.7. The number of hydrogen-bond acceptors (Lipinski definition) is 3. The van der Waals surface area contributed by atoms with Gasteiger partial charge in [-0.25, -0.2) is 0 Å². The fourth-order valence-corrected chi connectivity index (χ4v) is 2.47. The highest BCUT2D eigenvalue weighted by atomic mass is 15.1. The zero-order valence-electron chi connectivity index (χ0n) is 11.7. The summed E-state index contributed by atoms with van der Waals surface area (Å²) in [6, 6.07) is 14.3. The number of anilines is 1. The second kappa shape index (κ2) is 4.98. The molecule has 2 aromatic carbocycles. The summed E-state index contributed by atoms with van der Waals surface area (Å²) in [7, 11) is 4.13. The van der Waals surface area contributed by atoms with Gasteiger partial charge < -0.3 is 10.6 Å². The van der Waals surface area contributed by atoms with Crippen molar-refractivity contribution in [1.82, 2.24) is 15.1 Å². The molecule has 0 spiro atoms. The van der Waals surface area contributed by atoms with Crippen LogP contribution in [-0.4, -0.2) is 29.2 Å². The SMILES string of the molecule is CN(C)Cc1cccc(-c2n[nH]c3c(N)cccc23)c1. The average molecular weight is 266 g/mol. The minimum Gasteiger partial charge on any atom is -0.397 e. The topological polar surface area (TPSA) is 57.9 Å². The summed E-state index contributed by atoms with van der Waals surface area (Å²) < 4.78 is 0. The largest absolute Gasteiger partial charge is 0.397 e. The lowest BCUT2D eigenvalue weighted by molar-refractivity contribution is 0.402. The van der Waals surface area contributed by atoms with Crippen molar-refractivity contribution in [2.45, 2.75) is 6.54 Å². The van der Waals surface area contributed by atoms with Crippen LogP contribution in [0.2, 0.25) is 0 Å². The molecule has 4 heteroatoms. The molecule has 0 aliphatic carbocycles. The highest BCUT2D eigenvalue weighted by Crippen LogP contribution is 2.29. The Morgan fingerprint density at radius 1 is 1.15 bits per heavy atom. The molecular weight excluding hydrogens is 248 g/mol. The molecule has 0 amide bonds. The molecule has 102 valence electrons. The van der Waals surface area contributed by atoms with Crippen molar-refractivity contribution < 1.29 is 0 Å². The summed E-state index contributed by atoms with van der Waals surface area (Å²) in [5.74, 6) is 0. The van der Waals surface area contributed by atoms with E-state index in [2.05, 4.69) is 53.5 Å². The van der Waals surface area contributed by atoms with Crippen LogP contribution in [0.4, 0.5) is 5.69 Å². The maximum atomic E-state index is 5.97. The van der Waals surface area contributed by atoms with Gasteiger partial charge in [-0.2, -0.15) is 5.10 Å². The van der Waals surface area contributed by atoms with Gasteiger partial charge in [0.2, 0.25) is 0 Å². The van der Waals surface area contributed by atoms with Crippen molar-refractivity contribution in [1.29, 1.82) is 0 Å². The molecule has 20 heavy (non-hydrogen) atoms. The zero-order valence-corrected chi connectivity index (χ0v) is 11.7. The number of fused-ring (bicyclic) bond motifs is 1. The van der Waals surface area contributed by atoms with E-state index in [1.54, 1.807) is 0 Å². The van der Waals surface area contributed by atoms with E-state index in [1.807, 2.05) is 18.2 Å². The Hall–Kier alpha value is -2.33. The molecule has 1 aromatic heterocycles. The Morgan fingerprint density at radius 2 is 1.95 bits per heavy atom. The van der Waals surface area contributed by atoms with Crippen molar-refractivity contribution in [2.24, 2.45) is 0 Å². The van der Waals surface area contributed by atoms with Gasteiger partial charge in [-0.05, 0) is 31.8 Å². The first-order chi connectivity index (χ1) is 9.65. The number of nitrogens with one attached hydrogen (secondary N) is 1. The molecule has 0 aliphatic heterocycles. The third kappa shape index (κ3) is 2.26. The molecular formula is C16H18N4. The van der Waals surface area contributed by atoms with Crippen molar-refractivity contribution in [2.75, 3.05) is 19.8 Å². The molecule has 0 atom stereocenters. The lowest BCUT2D eigenvalue weighted by Crippen LogP contribution is -2.10. The molecule has 0 fully saturated rings. The van der Waals surface area contributed by atoms with Crippen LogP contribution in [0.5, 0.6) is 0 Å². The monoisotopic (exact) mass is 266 g/mol. The number of H-pyrrole nitrogens is 1. The smallest absolute Gasteiger partial charge is 0.1000 e. The summed E-state index contributed by atoms with van der Waals surface area (Å²) in [5.41, 5.74) is 10.9. The van der Waals surface area contributed by atoms with E-state index in [1.165, 1.54) is 5.56 Å². The van der Waals surface area contributed by atoms with E-state index < -0.39 is 0 Å². The van der Waals surface area contributed by atoms with Crippen LogP contribution in [-0.2, 0) is 6.54 Å². The van der Waals surface area contributed by atoms with Gasteiger partial charge in [0.25, 0.3) is 0 Å². The minimum atomic E-state index is 0.727. The third-order valence-electron chi connectivity index (χ3n) is 3.33. The molecule has 0 aliphatic rings.